The molecule has 35 heavy (non-hydrogen) atoms. The van der Waals surface area contributed by atoms with E-state index in [1.54, 1.807) is 12.3 Å². The quantitative estimate of drug-likeness (QED) is 0.176. The second-order valence-electron chi connectivity index (χ2n) is 7.89. The molecule has 2 aromatic carbocycles. The molecule has 0 saturated heterocycles. The lowest BCUT2D eigenvalue weighted by atomic mass is 10.1. The zero-order chi connectivity index (χ0) is 24.8. The van der Waals surface area contributed by atoms with Gasteiger partial charge in [0.05, 0.1) is 11.8 Å². The Morgan fingerprint density at radius 1 is 1.09 bits per heavy atom. The van der Waals surface area contributed by atoms with Gasteiger partial charge in [0, 0.05) is 11.3 Å². The van der Waals surface area contributed by atoms with E-state index in [1.807, 2.05) is 62.5 Å². The van der Waals surface area contributed by atoms with Crippen LogP contribution in [0.2, 0.25) is 0 Å². The largest absolute Gasteiger partial charge is 0.313 e. The average molecular weight is 505 g/mol. The maximum Gasteiger partial charge on any atom is 0.274 e. The van der Waals surface area contributed by atoms with Crippen molar-refractivity contribution in [1.29, 1.82) is 0 Å². The first-order chi connectivity index (χ1) is 16.9. The topological polar surface area (TPSA) is 112 Å². The Kier molecular flexibility index (Phi) is 7.74. The van der Waals surface area contributed by atoms with Crippen LogP contribution in [0, 0.1) is 20.8 Å². The third kappa shape index (κ3) is 6.23. The molecule has 0 aliphatic heterocycles. The summed E-state index contributed by atoms with van der Waals surface area (Å²) in [5, 5.41) is 16.6. The number of hydrogen-bond donors (Lipinski definition) is 3. The molecule has 0 bridgehead atoms. The normalized spacial score (nSPS) is 11.1. The van der Waals surface area contributed by atoms with Gasteiger partial charge in [0.1, 0.15) is 11.3 Å². The van der Waals surface area contributed by atoms with Crippen molar-refractivity contribution in [1.82, 2.24) is 20.6 Å². The third-order valence-electron chi connectivity index (χ3n) is 5.29. The first-order valence-corrected chi connectivity index (χ1v) is 12.6. The highest BCUT2D eigenvalue weighted by Gasteiger charge is 2.19. The number of rotatable bonds is 8. The highest BCUT2D eigenvalue weighted by atomic mass is 32.2. The van der Waals surface area contributed by atoms with E-state index in [0.717, 1.165) is 22.3 Å². The maximum absolute atomic E-state index is 12.9. The van der Waals surface area contributed by atoms with Gasteiger partial charge in [0.2, 0.25) is 5.16 Å². The number of thiophene rings is 1. The van der Waals surface area contributed by atoms with Crippen LogP contribution in [0.25, 0.3) is 0 Å². The van der Waals surface area contributed by atoms with Gasteiger partial charge in [0.15, 0.2) is 0 Å². The number of benzene rings is 2. The number of nitrogens with one attached hydrogen (secondary N) is 3. The molecule has 4 aromatic rings. The van der Waals surface area contributed by atoms with E-state index in [2.05, 4.69) is 31.0 Å². The molecule has 10 heteroatoms. The van der Waals surface area contributed by atoms with Crippen molar-refractivity contribution in [2.24, 2.45) is 5.10 Å². The zero-order valence-corrected chi connectivity index (χ0v) is 21.1. The Balaban J connectivity index is 1.42. The summed E-state index contributed by atoms with van der Waals surface area (Å²) in [7, 11) is 0. The van der Waals surface area contributed by atoms with Crippen LogP contribution in [0.15, 0.2) is 64.4 Å². The van der Waals surface area contributed by atoms with E-state index in [4.69, 9.17) is 0 Å². The molecular weight excluding hydrogens is 480 g/mol. The molecule has 0 saturated carbocycles. The highest BCUT2D eigenvalue weighted by Crippen LogP contribution is 2.28. The summed E-state index contributed by atoms with van der Waals surface area (Å²) in [4.78, 5) is 29.9. The van der Waals surface area contributed by atoms with E-state index < -0.39 is 0 Å². The van der Waals surface area contributed by atoms with Crippen molar-refractivity contribution < 1.29 is 9.59 Å². The summed E-state index contributed by atoms with van der Waals surface area (Å²) in [5.41, 5.74) is 8.44. The van der Waals surface area contributed by atoms with Crippen molar-refractivity contribution in [3.05, 3.63) is 93.1 Å². The summed E-state index contributed by atoms with van der Waals surface area (Å²) < 4.78 is 0. The van der Waals surface area contributed by atoms with Crippen LogP contribution in [0.3, 0.4) is 0 Å². The van der Waals surface area contributed by atoms with E-state index in [-0.39, 0.29) is 11.8 Å². The fourth-order valence-corrected chi connectivity index (χ4v) is 4.93. The summed E-state index contributed by atoms with van der Waals surface area (Å²) in [5.74, 6) is -0.0384. The predicted molar refractivity (Wildman–Crippen MR) is 140 cm³/mol. The Bertz CT molecular complexity index is 1380. The van der Waals surface area contributed by atoms with Crippen molar-refractivity contribution in [3.63, 3.8) is 0 Å². The molecule has 0 spiro atoms. The summed E-state index contributed by atoms with van der Waals surface area (Å²) in [6.07, 6.45) is 3.13. The molecule has 4 rings (SSSR count). The minimum absolute atomic E-state index is 0.288. The van der Waals surface area contributed by atoms with Gasteiger partial charge in [-0.1, -0.05) is 42.1 Å². The number of hydrogen-bond acceptors (Lipinski definition) is 7. The lowest BCUT2D eigenvalue weighted by Crippen LogP contribution is -2.21. The van der Waals surface area contributed by atoms with Gasteiger partial charge in [0.25, 0.3) is 11.8 Å². The molecule has 0 atom stereocenters. The standard InChI is InChI=1S/C25H24N6O2S2/c1-15-7-8-18(9-16(15)2)11-27-30-23(33)21-17(3)12-34-24(21)29-22(32)20-6-4-5-19(10-20)13-35-25-26-14-28-31-25/h4-12,14H,13H2,1-3H3,(H,29,32)(H,30,33)(H,26,28,31). The van der Waals surface area contributed by atoms with Crippen LogP contribution in [-0.2, 0) is 5.75 Å². The van der Waals surface area contributed by atoms with Crippen LogP contribution >= 0.6 is 23.1 Å². The lowest BCUT2D eigenvalue weighted by molar-refractivity contribution is 0.0956. The first-order valence-electron chi connectivity index (χ1n) is 10.8. The van der Waals surface area contributed by atoms with Gasteiger partial charge < -0.3 is 5.32 Å². The average Bonchev–Trinajstić information content (AvgIpc) is 3.50. The fourth-order valence-electron chi connectivity index (χ4n) is 3.28. The predicted octanol–water partition coefficient (Wildman–Crippen LogP) is 5.10. The van der Waals surface area contributed by atoms with Crippen LogP contribution in [0.4, 0.5) is 5.00 Å². The molecule has 8 nitrogen and oxygen atoms in total. The van der Waals surface area contributed by atoms with Crippen LogP contribution < -0.4 is 10.7 Å². The van der Waals surface area contributed by atoms with Crippen molar-refractivity contribution in [3.8, 4) is 0 Å². The molecule has 0 aliphatic rings. The summed E-state index contributed by atoms with van der Waals surface area (Å²) in [6.45, 7) is 5.90. The Morgan fingerprint density at radius 2 is 1.94 bits per heavy atom. The molecule has 2 amide bonds. The molecule has 3 N–H and O–H groups in total. The Morgan fingerprint density at radius 3 is 2.71 bits per heavy atom. The number of thioether (sulfide) groups is 1. The number of amides is 2. The first kappa shape index (κ1) is 24.4. The highest BCUT2D eigenvalue weighted by molar-refractivity contribution is 7.98. The molecule has 178 valence electrons. The summed E-state index contributed by atoms with van der Waals surface area (Å²) in [6, 6.07) is 13.3. The second kappa shape index (κ2) is 11.1. The number of nitrogens with zero attached hydrogens (tertiary/aromatic N) is 3. The number of hydrazone groups is 1. The van der Waals surface area contributed by atoms with Gasteiger partial charge in [-0.25, -0.2) is 10.4 Å². The number of aryl methyl sites for hydroxylation is 3. The molecule has 2 aromatic heterocycles. The number of carbonyl (C=O) groups is 2. The van der Waals surface area contributed by atoms with E-state index >= 15 is 0 Å². The molecule has 0 aliphatic carbocycles. The van der Waals surface area contributed by atoms with Gasteiger partial charge in [-0.05, 0) is 66.1 Å². The number of aromatic amines is 1. The number of anilines is 1. The zero-order valence-electron chi connectivity index (χ0n) is 19.5. The van der Waals surface area contributed by atoms with Crippen molar-refractivity contribution >= 4 is 46.1 Å². The van der Waals surface area contributed by atoms with Crippen LogP contribution in [-0.4, -0.2) is 33.2 Å². The Labute approximate surface area is 211 Å². The van der Waals surface area contributed by atoms with Crippen LogP contribution in [0.5, 0.6) is 0 Å². The van der Waals surface area contributed by atoms with E-state index in [9.17, 15) is 9.59 Å². The maximum atomic E-state index is 12.9. The molecule has 0 fully saturated rings. The molecule has 0 unspecified atom stereocenters. The van der Waals surface area contributed by atoms with E-state index in [0.29, 0.717) is 27.0 Å². The third-order valence-corrected chi connectivity index (χ3v) is 7.24. The smallest absolute Gasteiger partial charge is 0.274 e. The molecular formula is C25H24N6O2S2. The van der Waals surface area contributed by atoms with Gasteiger partial charge >= 0.3 is 0 Å². The van der Waals surface area contributed by atoms with Crippen molar-refractivity contribution in [2.45, 2.75) is 31.7 Å². The van der Waals surface area contributed by atoms with Gasteiger partial charge in [-0.3, -0.25) is 14.7 Å². The molecule has 2 heterocycles. The minimum Gasteiger partial charge on any atom is -0.313 e. The van der Waals surface area contributed by atoms with Crippen molar-refractivity contribution in [2.75, 3.05) is 5.32 Å². The van der Waals surface area contributed by atoms with E-state index in [1.165, 1.54) is 35.0 Å². The number of H-pyrrole nitrogens is 1. The van der Waals surface area contributed by atoms with Gasteiger partial charge in [-0.2, -0.15) is 5.10 Å². The summed E-state index contributed by atoms with van der Waals surface area (Å²) >= 11 is 2.78. The number of carbonyl (C=O) groups excluding carboxylic acids is 2. The SMILES string of the molecule is Cc1ccc(C=NNC(=O)c2c(C)csc2NC(=O)c2cccc(CSc3nc[nH]n3)c2)cc1C. The minimum atomic E-state index is -0.379. The fraction of sp³-hybridized carbons (Fsp3) is 0.160. The Hall–Kier alpha value is -3.76. The van der Waals surface area contributed by atoms with Gasteiger partial charge in [-0.15, -0.1) is 16.4 Å². The lowest BCUT2D eigenvalue weighted by Gasteiger charge is -2.08. The number of aromatic nitrogens is 3. The second-order valence-corrected chi connectivity index (χ2v) is 9.71. The van der Waals surface area contributed by atoms with Crippen LogP contribution in [0.1, 0.15) is 48.5 Å². The monoisotopic (exact) mass is 504 g/mol. The molecule has 0 radical (unpaired) electrons.